The van der Waals surface area contributed by atoms with Crippen molar-refractivity contribution in [3.63, 3.8) is 0 Å². The van der Waals surface area contributed by atoms with Gasteiger partial charge in [0, 0.05) is 27.7 Å². The highest BCUT2D eigenvalue weighted by Gasteiger charge is 2.58. The highest BCUT2D eigenvalue weighted by atomic mass is 16.8. The van der Waals surface area contributed by atoms with Crippen LogP contribution in [0.2, 0.25) is 0 Å². The summed E-state index contributed by atoms with van der Waals surface area (Å²) in [4.78, 5) is 49.8. The van der Waals surface area contributed by atoms with Crippen molar-refractivity contribution in [3.05, 3.63) is 0 Å². The molecule has 5 fully saturated rings. The van der Waals surface area contributed by atoms with Gasteiger partial charge in [-0.05, 0) is 0 Å². The van der Waals surface area contributed by atoms with E-state index in [9.17, 15) is 106 Å². The molecule has 5 rings (SSSR count). The van der Waals surface area contributed by atoms with Gasteiger partial charge in [0.2, 0.25) is 23.6 Å². The van der Waals surface area contributed by atoms with Crippen molar-refractivity contribution in [2.24, 2.45) is 0 Å². The first-order valence-corrected chi connectivity index (χ1v) is 25.0. The normalized spacial score (nSPS) is 42.5. The molecule has 35 heteroatoms. The quantitative estimate of drug-likeness (QED) is 0.0427. The third kappa shape index (κ3) is 15.7. The summed E-state index contributed by atoms with van der Waals surface area (Å²) in [7, 11) is 0. The first kappa shape index (κ1) is 66.6. The van der Waals surface area contributed by atoms with Gasteiger partial charge in [0.1, 0.15) is 140 Å². The number of carbonyl (C=O) groups is 4. The van der Waals surface area contributed by atoms with Crippen LogP contribution in [0.25, 0.3) is 0 Å². The van der Waals surface area contributed by atoms with E-state index in [1.165, 1.54) is 0 Å². The maximum Gasteiger partial charge on any atom is 0.217 e. The monoisotopic (exact) mass is 1160 g/mol. The lowest BCUT2D eigenvalue weighted by molar-refractivity contribution is -0.381. The average molecular weight is 1160 g/mol. The second-order valence-electron chi connectivity index (χ2n) is 19.5. The minimum atomic E-state index is -2.31. The molecule has 5 aliphatic rings. The van der Waals surface area contributed by atoms with E-state index in [-0.39, 0.29) is 0 Å². The third-order valence-corrected chi connectivity index (χ3v) is 13.7. The number of nitrogens with one attached hydrogen (secondary N) is 4. The van der Waals surface area contributed by atoms with Crippen LogP contribution >= 0.6 is 0 Å². The maximum atomic E-state index is 12.9. The van der Waals surface area contributed by atoms with Crippen molar-refractivity contribution in [2.75, 3.05) is 46.2 Å². The predicted molar refractivity (Wildman–Crippen MR) is 248 cm³/mol. The van der Waals surface area contributed by atoms with Crippen LogP contribution in [0.1, 0.15) is 27.7 Å². The number of aliphatic hydroxyl groups excluding tert-OH is 17. The summed E-state index contributed by atoms with van der Waals surface area (Å²) in [5, 5.41) is 193. The van der Waals surface area contributed by atoms with Gasteiger partial charge in [-0.2, -0.15) is 0 Å². The molecule has 0 bridgehead atoms. The summed E-state index contributed by atoms with van der Waals surface area (Å²) in [5.74, 6) is -3.33. The van der Waals surface area contributed by atoms with E-state index in [0.717, 1.165) is 27.7 Å². The fraction of sp³-hybridized carbons (Fsp3) is 0.909. The van der Waals surface area contributed by atoms with E-state index in [2.05, 4.69) is 21.3 Å². The van der Waals surface area contributed by atoms with Crippen molar-refractivity contribution in [1.82, 2.24) is 21.3 Å². The lowest BCUT2D eigenvalue weighted by Crippen LogP contribution is -2.71. The Bertz CT molecular complexity index is 1940. The van der Waals surface area contributed by atoms with Crippen LogP contribution in [0.3, 0.4) is 0 Å². The molecule has 458 valence electrons. The SMILES string of the molecule is CC(=O)NC(CO)C(OC1OC(CO)C(O)C(OC2OC(CO)C(O)C(OC3OC(CO)C(O)C(OC4OC(CO)C(O)C(OC5OC(CO)C(O)C(O)C5NC(C)=O)C4O)C3NC(C)=O)C2O)C1NC(C)=O)C(O)C(O)CO. The Morgan fingerprint density at radius 2 is 0.734 bits per heavy atom. The van der Waals surface area contributed by atoms with Gasteiger partial charge in [-0.3, -0.25) is 19.2 Å². The Morgan fingerprint density at radius 1 is 0.405 bits per heavy atom. The maximum absolute atomic E-state index is 12.9. The number of amides is 4. The number of ether oxygens (including phenoxy) is 10. The molecule has 0 spiro atoms. The topological polar surface area (TPSA) is 553 Å². The average Bonchev–Trinajstić information content (AvgIpc) is 3.54. The standard InChI is InChI=1S/C44H76N4O31/c1-12(56)45-16(5-49)35(26(61)17(60)6-50)75-41-24(47-14(3)58)36(28(63)19(8-52)71-41)76-44-34(69)39(31(66)22(11-55)74-44)79-42-25(48-15(4)59)37(29(64)20(9-53)72-42)77-43-33(68)38(30(65)21(10-54)73-43)78-40-23(46-13(2)57)32(67)27(62)18(7-51)70-40/h16-44,49-55,60-69H,5-11H2,1-4H3,(H,45,56)(H,46,57)(H,47,58)(H,48,59). The molecule has 0 saturated carbocycles. The Labute approximate surface area is 449 Å². The van der Waals surface area contributed by atoms with Crippen molar-refractivity contribution in [1.29, 1.82) is 0 Å². The molecule has 79 heavy (non-hydrogen) atoms. The Kier molecular flexibility index (Phi) is 25.2. The number of rotatable bonds is 24. The van der Waals surface area contributed by atoms with Crippen molar-refractivity contribution in [2.45, 2.75) is 205 Å². The first-order valence-electron chi connectivity index (χ1n) is 25.0. The number of hydrogen-bond acceptors (Lipinski definition) is 31. The van der Waals surface area contributed by atoms with E-state index in [0.29, 0.717) is 0 Å². The lowest BCUT2D eigenvalue weighted by Gasteiger charge is -2.51. The van der Waals surface area contributed by atoms with Gasteiger partial charge in [-0.1, -0.05) is 0 Å². The second-order valence-corrected chi connectivity index (χ2v) is 19.5. The molecule has 0 aliphatic carbocycles. The van der Waals surface area contributed by atoms with Crippen LogP contribution in [0.5, 0.6) is 0 Å². The van der Waals surface area contributed by atoms with E-state index < -0.39 is 248 Å². The summed E-state index contributed by atoms with van der Waals surface area (Å²) in [6.45, 7) is -3.13. The highest BCUT2D eigenvalue weighted by Crippen LogP contribution is 2.37. The van der Waals surface area contributed by atoms with Gasteiger partial charge in [-0.15, -0.1) is 0 Å². The van der Waals surface area contributed by atoms with E-state index in [1.807, 2.05) is 0 Å². The fourth-order valence-corrected chi connectivity index (χ4v) is 9.71. The van der Waals surface area contributed by atoms with Crippen LogP contribution in [0.4, 0.5) is 0 Å². The Hall–Kier alpha value is -3.20. The van der Waals surface area contributed by atoms with Crippen LogP contribution < -0.4 is 21.3 Å². The molecule has 5 aliphatic heterocycles. The molecule has 5 saturated heterocycles. The summed E-state index contributed by atoms with van der Waals surface area (Å²) >= 11 is 0. The number of hydrogen-bond donors (Lipinski definition) is 21. The third-order valence-electron chi connectivity index (χ3n) is 13.7. The zero-order valence-corrected chi connectivity index (χ0v) is 43.0. The van der Waals surface area contributed by atoms with Crippen LogP contribution in [-0.2, 0) is 66.5 Å². The highest BCUT2D eigenvalue weighted by molar-refractivity contribution is 5.74. The van der Waals surface area contributed by atoms with E-state index in [1.54, 1.807) is 0 Å². The first-order chi connectivity index (χ1) is 37.3. The molecule has 29 atom stereocenters. The molecule has 21 N–H and O–H groups in total. The zero-order valence-electron chi connectivity index (χ0n) is 43.0. The molecule has 0 aromatic heterocycles. The predicted octanol–water partition coefficient (Wildman–Crippen LogP) is -13.9. The molecular weight excluding hydrogens is 1080 g/mol. The van der Waals surface area contributed by atoms with Crippen molar-refractivity contribution in [3.8, 4) is 0 Å². The molecule has 29 unspecified atom stereocenters. The Morgan fingerprint density at radius 3 is 1.10 bits per heavy atom. The van der Waals surface area contributed by atoms with Gasteiger partial charge in [0.05, 0.1) is 52.3 Å². The summed E-state index contributed by atoms with van der Waals surface area (Å²) in [6, 6.07) is -6.85. The van der Waals surface area contributed by atoms with Crippen LogP contribution in [0, 0.1) is 0 Å². The molecule has 0 aromatic carbocycles. The Balaban J connectivity index is 1.47. The number of aliphatic hydroxyl groups is 17. The molecular formula is C44H76N4O31. The summed E-state index contributed by atoms with van der Waals surface area (Å²) < 4.78 is 58.5. The van der Waals surface area contributed by atoms with Crippen molar-refractivity contribution < 1.29 is 153 Å². The van der Waals surface area contributed by atoms with Crippen molar-refractivity contribution >= 4 is 23.6 Å². The number of carbonyl (C=O) groups excluding carboxylic acids is 4. The van der Waals surface area contributed by atoms with Gasteiger partial charge in [0.25, 0.3) is 0 Å². The van der Waals surface area contributed by atoms with E-state index in [4.69, 9.17) is 47.4 Å². The fourth-order valence-electron chi connectivity index (χ4n) is 9.71. The lowest BCUT2D eigenvalue weighted by atomic mass is 9.93. The smallest absolute Gasteiger partial charge is 0.217 e. The van der Waals surface area contributed by atoms with Gasteiger partial charge in [0.15, 0.2) is 31.5 Å². The molecule has 0 aromatic rings. The minimum Gasteiger partial charge on any atom is -0.394 e. The van der Waals surface area contributed by atoms with Crippen LogP contribution in [0.15, 0.2) is 0 Å². The van der Waals surface area contributed by atoms with Gasteiger partial charge >= 0.3 is 0 Å². The molecule has 4 amide bonds. The second kappa shape index (κ2) is 29.9. The summed E-state index contributed by atoms with van der Waals surface area (Å²) in [5.41, 5.74) is 0. The van der Waals surface area contributed by atoms with E-state index >= 15 is 0 Å². The van der Waals surface area contributed by atoms with Gasteiger partial charge < -0.3 is 155 Å². The minimum absolute atomic E-state index is 0.768. The largest absolute Gasteiger partial charge is 0.394 e. The zero-order chi connectivity index (χ0) is 58.9. The molecule has 35 nitrogen and oxygen atoms in total. The van der Waals surface area contributed by atoms with Gasteiger partial charge in [-0.25, -0.2) is 0 Å². The molecule has 0 radical (unpaired) electrons. The summed E-state index contributed by atoms with van der Waals surface area (Å²) in [6.07, 6.45) is -49.2. The van der Waals surface area contributed by atoms with Crippen LogP contribution in [-0.4, -0.2) is 334 Å². The molecule has 5 heterocycles.